The Bertz CT molecular complexity index is 790. The van der Waals surface area contributed by atoms with Crippen LogP contribution in [0.15, 0.2) is 24.3 Å². The first kappa shape index (κ1) is 17.8. The van der Waals surface area contributed by atoms with E-state index in [2.05, 4.69) is 15.5 Å². The molecule has 2 aromatic rings. The van der Waals surface area contributed by atoms with Gasteiger partial charge in [-0.25, -0.2) is 0 Å². The summed E-state index contributed by atoms with van der Waals surface area (Å²) in [5.74, 6) is 1.29. The van der Waals surface area contributed by atoms with Gasteiger partial charge >= 0.3 is 0 Å². The summed E-state index contributed by atoms with van der Waals surface area (Å²) in [6.45, 7) is 1.88. The number of ether oxygens (including phenoxy) is 1. The Morgan fingerprint density at radius 2 is 2.16 bits per heavy atom. The van der Waals surface area contributed by atoms with Crippen LogP contribution < -0.4 is 5.32 Å². The molecule has 1 aromatic carbocycles. The molecule has 0 spiro atoms. The number of aryl methyl sites for hydroxylation is 1. The molecular formula is C18H24N4O2S. The fraction of sp³-hybridized carbons (Fsp3) is 0.500. The second-order valence-corrected chi connectivity index (χ2v) is 6.98. The van der Waals surface area contributed by atoms with E-state index in [1.165, 1.54) is 0 Å². The number of amides is 1. The number of H-pyrrole nitrogens is 1. The Morgan fingerprint density at radius 1 is 1.40 bits per heavy atom. The lowest BCUT2D eigenvalue weighted by Gasteiger charge is -2.27. The van der Waals surface area contributed by atoms with Crippen LogP contribution in [0.4, 0.5) is 5.69 Å². The highest BCUT2D eigenvalue weighted by Gasteiger charge is 2.22. The van der Waals surface area contributed by atoms with Gasteiger partial charge in [0.05, 0.1) is 11.8 Å². The van der Waals surface area contributed by atoms with Crippen LogP contribution >= 0.6 is 12.2 Å². The van der Waals surface area contributed by atoms with Gasteiger partial charge in [-0.15, -0.1) is 0 Å². The highest BCUT2D eigenvalue weighted by Crippen LogP contribution is 2.28. The highest BCUT2D eigenvalue weighted by atomic mass is 32.1. The van der Waals surface area contributed by atoms with Crippen LogP contribution in [0.5, 0.6) is 0 Å². The lowest BCUT2D eigenvalue weighted by molar-refractivity contribution is -0.117. The van der Waals surface area contributed by atoms with E-state index >= 15 is 0 Å². The predicted octanol–water partition coefficient (Wildman–Crippen LogP) is 3.77. The fourth-order valence-electron chi connectivity index (χ4n) is 3.45. The maximum absolute atomic E-state index is 12.4. The summed E-state index contributed by atoms with van der Waals surface area (Å²) in [7, 11) is 1.76. The number of anilines is 1. The van der Waals surface area contributed by atoms with E-state index in [0.29, 0.717) is 23.2 Å². The van der Waals surface area contributed by atoms with Crippen molar-refractivity contribution in [2.75, 3.05) is 12.4 Å². The van der Waals surface area contributed by atoms with E-state index in [0.717, 1.165) is 42.9 Å². The molecule has 0 saturated heterocycles. The first-order valence-electron chi connectivity index (χ1n) is 8.64. The summed E-state index contributed by atoms with van der Waals surface area (Å²) in [5.41, 5.74) is 1.66. The monoisotopic (exact) mass is 360 g/mol. The van der Waals surface area contributed by atoms with E-state index in [4.69, 9.17) is 17.0 Å². The molecular weight excluding hydrogens is 336 g/mol. The maximum Gasteiger partial charge on any atom is 0.224 e. The summed E-state index contributed by atoms with van der Waals surface area (Å²) in [5, 5.41) is 9.91. The zero-order valence-electron chi connectivity index (χ0n) is 14.6. The molecule has 2 N–H and O–H groups in total. The summed E-state index contributed by atoms with van der Waals surface area (Å²) in [6, 6.07) is 7.66. The Hall–Kier alpha value is -1.99. The zero-order chi connectivity index (χ0) is 17.8. The number of carbonyl (C=O) groups is 1. The third-order valence-electron chi connectivity index (χ3n) is 4.83. The third-order valence-corrected chi connectivity index (χ3v) is 5.10. The smallest absolute Gasteiger partial charge is 0.224 e. The fourth-order valence-corrected chi connectivity index (χ4v) is 3.73. The van der Waals surface area contributed by atoms with Gasteiger partial charge in [-0.05, 0) is 68.9 Å². The first-order chi connectivity index (χ1) is 12.1. The number of nitrogens with zero attached hydrogens (tertiary/aromatic N) is 2. The summed E-state index contributed by atoms with van der Waals surface area (Å²) >= 11 is 5.26. The Kier molecular flexibility index (Phi) is 5.65. The van der Waals surface area contributed by atoms with Gasteiger partial charge in [0.15, 0.2) is 4.77 Å². The number of aromatic amines is 1. The quantitative estimate of drug-likeness (QED) is 0.796. The van der Waals surface area contributed by atoms with Crippen LogP contribution in [0.3, 0.4) is 0 Å². The molecule has 1 amide bonds. The molecule has 7 heteroatoms. The third kappa shape index (κ3) is 4.35. The SMILES string of the molecule is COC1CCC(CC(=O)Nc2cccc(-n3c(C)n[nH]c3=S)c2)CC1. The van der Waals surface area contributed by atoms with Gasteiger partial charge in [-0.2, -0.15) is 5.10 Å². The molecule has 0 atom stereocenters. The minimum Gasteiger partial charge on any atom is -0.381 e. The Morgan fingerprint density at radius 3 is 2.80 bits per heavy atom. The first-order valence-corrected chi connectivity index (χ1v) is 9.04. The van der Waals surface area contributed by atoms with Crippen molar-refractivity contribution in [1.82, 2.24) is 14.8 Å². The molecule has 1 aromatic heterocycles. The molecule has 0 radical (unpaired) electrons. The van der Waals surface area contributed by atoms with Crippen molar-refractivity contribution in [3.63, 3.8) is 0 Å². The maximum atomic E-state index is 12.4. The Labute approximate surface area is 152 Å². The van der Waals surface area contributed by atoms with Gasteiger partial charge in [-0.1, -0.05) is 6.07 Å². The summed E-state index contributed by atoms with van der Waals surface area (Å²) in [6.07, 6.45) is 5.11. The van der Waals surface area contributed by atoms with E-state index in [-0.39, 0.29) is 5.91 Å². The number of benzene rings is 1. The molecule has 1 fully saturated rings. The molecule has 25 heavy (non-hydrogen) atoms. The van der Waals surface area contributed by atoms with Gasteiger partial charge in [0.25, 0.3) is 0 Å². The van der Waals surface area contributed by atoms with Crippen molar-refractivity contribution >= 4 is 23.8 Å². The van der Waals surface area contributed by atoms with Gasteiger partial charge < -0.3 is 10.1 Å². The van der Waals surface area contributed by atoms with Gasteiger partial charge in [0.1, 0.15) is 5.82 Å². The molecule has 3 rings (SSSR count). The van der Waals surface area contributed by atoms with Crippen LogP contribution in [-0.2, 0) is 9.53 Å². The molecule has 0 unspecified atom stereocenters. The average molecular weight is 360 g/mol. The summed E-state index contributed by atoms with van der Waals surface area (Å²) in [4.78, 5) is 12.4. The number of aromatic nitrogens is 3. The van der Waals surface area contributed by atoms with E-state index in [9.17, 15) is 4.79 Å². The lowest BCUT2D eigenvalue weighted by Crippen LogP contribution is -2.24. The average Bonchev–Trinajstić information content (AvgIpc) is 2.94. The Balaban J connectivity index is 1.63. The van der Waals surface area contributed by atoms with Crippen molar-refractivity contribution in [2.24, 2.45) is 5.92 Å². The van der Waals surface area contributed by atoms with E-state index < -0.39 is 0 Å². The van der Waals surface area contributed by atoms with Crippen LogP contribution in [0.1, 0.15) is 37.9 Å². The molecule has 0 aliphatic heterocycles. The molecule has 1 saturated carbocycles. The number of hydrogen-bond donors (Lipinski definition) is 2. The minimum absolute atomic E-state index is 0.0607. The van der Waals surface area contributed by atoms with Crippen LogP contribution in [0.25, 0.3) is 5.69 Å². The second kappa shape index (κ2) is 7.93. The van der Waals surface area contributed by atoms with Crippen LogP contribution in [-0.4, -0.2) is 33.9 Å². The number of methoxy groups -OCH3 is 1. The lowest BCUT2D eigenvalue weighted by atomic mass is 9.85. The van der Waals surface area contributed by atoms with Crippen LogP contribution in [0.2, 0.25) is 0 Å². The van der Waals surface area contributed by atoms with E-state index in [1.807, 2.05) is 35.8 Å². The van der Waals surface area contributed by atoms with Crippen molar-refractivity contribution in [2.45, 2.75) is 45.1 Å². The topological polar surface area (TPSA) is 71.9 Å². The van der Waals surface area contributed by atoms with Crippen molar-refractivity contribution in [1.29, 1.82) is 0 Å². The highest BCUT2D eigenvalue weighted by molar-refractivity contribution is 7.71. The molecule has 0 bridgehead atoms. The molecule has 6 nitrogen and oxygen atoms in total. The van der Waals surface area contributed by atoms with Crippen molar-refractivity contribution < 1.29 is 9.53 Å². The van der Waals surface area contributed by atoms with Gasteiger partial charge in [0.2, 0.25) is 5.91 Å². The summed E-state index contributed by atoms with van der Waals surface area (Å²) < 4.78 is 7.77. The number of hydrogen-bond acceptors (Lipinski definition) is 4. The number of nitrogens with one attached hydrogen (secondary N) is 2. The molecule has 1 aliphatic carbocycles. The minimum atomic E-state index is 0.0607. The molecule has 134 valence electrons. The van der Waals surface area contributed by atoms with Crippen molar-refractivity contribution in [3.05, 3.63) is 34.9 Å². The molecule has 1 heterocycles. The predicted molar refractivity (Wildman–Crippen MR) is 99.5 cm³/mol. The zero-order valence-corrected chi connectivity index (χ0v) is 15.4. The standard InChI is InChI=1S/C18H24N4O2S/c1-12-20-21-18(25)22(12)15-5-3-4-14(11-15)19-17(23)10-13-6-8-16(24-2)9-7-13/h3-5,11,13,16H,6-10H2,1-2H3,(H,19,23)(H,21,25). The van der Waals surface area contributed by atoms with Crippen LogP contribution in [0, 0.1) is 17.6 Å². The van der Waals surface area contributed by atoms with Crippen molar-refractivity contribution in [3.8, 4) is 5.69 Å². The number of rotatable bonds is 5. The van der Waals surface area contributed by atoms with Gasteiger partial charge in [0, 0.05) is 19.2 Å². The molecule has 1 aliphatic rings. The van der Waals surface area contributed by atoms with E-state index in [1.54, 1.807) is 7.11 Å². The number of carbonyl (C=O) groups excluding carboxylic acids is 1. The second-order valence-electron chi connectivity index (χ2n) is 6.59. The van der Waals surface area contributed by atoms with Gasteiger partial charge in [-0.3, -0.25) is 14.5 Å². The normalized spacial score (nSPS) is 20.4. The largest absolute Gasteiger partial charge is 0.381 e.